The van der Waals surface area contributed by atoms with Crippen molar-refractivity contribution in [3.8, 4) is 0 Å². The lowest BCUT2D eigenvalue weighted by atomic mass is 9.98. The Kier molecular flexibility index (Phi) is 6.96. The summed E-state index contributed by atoms with van der Waals surface area (Å²) in [7, 11) is 0. The minimum absolute atomic E-state index is 0.220. The number of morpholine rings is 1. The van der Waals surface area contributed by atoms with Crippen LogP contribution in [0.15, 0.2) is 30.3 Å². The summed E-state index contributed by atoms with van der Waals surface area (Å²) >= 11 is 0. The van der Waals surface area contributed by atoms with Crippen LogP contribution in [0.2, 0.25) is 0 Å². The number of halogens is 1. The molecule has 1 fully saturated rings. The Hall–Kier alpha value is -2.41. The fourth-order valence-electron chi connectivity index (χ4n) is 2.65. The van der Waals surface area contributed by atoms with Gasteiger partial charge < -0.3 is 19.1 Å². The van der Waals surface area contributed by atoms with Crippen LogP contribution in [-0.4, -0.2) is 55.0 Å². The molecule has 6 nitrogen and oxygen atoms in total. The first-order valence-electron chi connectivity index (χ1n) is 8.93. The fraction of sp³-hybridized carbons (Fsp3) is 0.500. The molecule has 0 saturated carbocycles. The van der Waals surface area contributed by atoms with Gasteiger partial charge in [-0.25, -0.2) is 14.0 Å². The Labute approximate surface area is 158 Å². The Balaban J connectivity index is 2.25. The molecule has 0 N–H and O–H groups in total. The molecule has 1 unspecified atom stereocenters. The van der Waals surface area contributed by atoms with E-state index < -0.39 is 23.8 Å². The standard InChI is InChI=1S/C20H26FNO5/c1-5-25-18(23)12-16(14-6-8-15(21)9-7-14)17-13-22(10-11-26-17)19(24)27-20(2,3)4/h6-9,12,17H,5,10-11,13H2,1-4H3/b16-12-. The third kappa shape index (κ3) is 6.36. The van der Waals surface area contributed by atoms with Crippen molar-refractivity contribution in [2.75, 3.05) is 26.3 Å². The molecule has 27 heavy (non-hydrogen) atoms. The zero-order valence-corrected chi connectivity index (χ0v) is 16.2. The maximum atomic E-state index is 13.3. The summed E-state index contributed by atoms with van der Waals surface area (Å²) in [5.41, 5.74) is 0.549. The summed E-state index contributed by atoms with van der Waals surface area (Å²) in [6, 6.07) is 5.75. The molecule has 1 heterocycles. The first-order chi connectivity index (χ1) is 12.7. The summed E-state index contributed by atoms with van der Waals surface area (Å²) in [5.74, 6) is -0.899. The lowest BCUT2D eigenvalue weighted by Crippen LogP contribution is -2.47. The van der Waals surface area contributed by atoms with Gasteiger partial charge in [-0.15, -0.1) is 0 Å². The van der Waals surface area contributed by atoms with Crippen molar-refractivity contribution < 1.29 is 28.2 Å². The van der Waals surface area contributed by atoms with Gasteiger partial charge in [0, 0.05) is 12.6 Å². The second kappa shape index (κ2) is 8.99. The van der Waals surface area contributed by atoms with E-state index in [9.17, 15) is 14.0 Å². The number of esters is 1. The second-order valence-electron chi connectivity index (χ2n) is 7.14. The average molecular weight is 379 g/mol. The van der Waals surface area contributed by atoms with Crippen molar-refractivity contribution in [2.45, 2.75) is 39.4 Å². The molecule has 1 amide bonds. The largest absolute Gasteiger partial charge is 0.463 e. The van der Waals surface area contributed by atoms with E-state index in [4.69, 9.17) is 14.2 Å². The van der Waals surface area contributed by atoms with Crippen LogP contribution in [0.25, 0.3) is 5.57 Å². The van der Waals surface area contributed by atoms with Crippen LogP contribution in [0.5, 0.6) is 0 Å². The number of benzene rings is 1. The van der Waals surface area contributed by atoms with Crippen molar-refractivity contribution in [2.24, 2.45) is 0 Å². The van der Waals surface area contributed by atoms with Crippen LogP contribution in [0.1, 0.15) is 33.3 Å². The van der Waals surface area contributed by atoms with E-state index in [2.05, 4.69) is 0 Å². The number of carbonyl (C=O) groups excluding carboxylic acids is 2. The molecule has 0 bridgehead atoms. The lowest BCUT2D eigenvalue weighted by Gasteiger charge is -2.35. The van der Waals surface area contributed by atoms with E-state index in [1.54, 1.807) is 44.7 Å². The van der Waals surface area contributed by atoms with Gasteiger partial charge in [-0.3, -0.25) is 0 Å². The van der Waals surface area contributed by atoms with Crippen LogP contribution < -0.4 is 0 Å². The van der Waals surface area contributed by atoms with Gasteiger partial charge in [0.15, 0.2) is 0 Å². The first-order valence-corrected chi connectivity index (χ1v) is 8.93. The van der Waals surface area contributed by atoms with Gasteiger partial charge >= 0.3 is 12.1 Å². The third-order valence-electron chi connectivity index (χ3n) is 3.80. The normalized spacial score (nSPS) is 18.2. The zero-order valence-electron chi connectivity index (χ0n) is 16.2. The SMILES string of the molecule is CCOC(=O)/C=C(/c1ccc(F)cc1)C1CN(C(=O)OC(C)(C)C)CCO1. The van der Waals surface area contributed by atoms with Crippen molar-refractivity contribution in [3.05, 3.63) is 41.7 Å². The predicted molar refractivity (Wildman–Crippen MR) is 98.6 cm³/mol. The van der Waals surface area contributed by atoms with E-state index in [1.807, 2.05) is 0 Å². The molecular weight excluding hydrogens is 353 g/mol. The summed E-state index contributed by atoms with van der Waals surface area (Å²) in [6.45, 7) is 8.25. The first kappa shape index (κ1) is 20.9. The molecule has 1 aromatic rings. The molecular formula is C20H26FNO5. The minimum Gasteiger partial charge on any atom is -0.463 e. The van der Waals surface area contributed by atoms with E-state index >= 15 is 0 Å². The summed E-state index contributed by atoms with van der Waals surface area (Å²) in [4.78, 5) is 25.9. The second-order valence-corrected chi connectivity index (χ2v) is 7.14. The van der Waals surface area contributed by atoms with Gasteiger partial charge in [0.05, 0.1) is 19.8 Å². The highest BCUT2D eigenvalue weighted by Crippen LogP contribution is 2.25. The number of hydrogen-bond acceptors (Lipinski definition) is 5. The maximum absolute atomic E-state index is 13.3. The van der Waals surface area contributed by atoms with Crippen LogP contribution in [0.4, 0.5) is 9.18 Å². The number of rotatable bonds is 4. The summed E-state index contributed by atoms with van der Waals surface area (Å²) in [6.07, 6.45) is 0.339. The van der Waals surface area contributed by atoms with Crippen LogP contribution in [-0.2, 0) is 19.0 Å². The quantitative estimate of drug-likeness (QED) is 0.593. The lowest BCUT2D eigenvalue weighted by molar-refractivity contribution is -0.137. The van der Waals surface area contributed by atoms with Gasteiger partial charge in [-0.1, -0.05) is 12.1 Å². The number of nitrogens with zero attached hydrogens (tertiary/aromatic N) is 1. The highest BCUT2D eigenvalue weighted by atomic mass is 19.1. The zero-order chi connectivity index (χ0) is 20.0. The maximum Gasteiger partial charge on any atom is 0.410 e. The van der Waals surface area contributed by atoms with Gasteiger partial charge in [0.25, 0.3) is 0 Å². The van der Waals surface area contributed by atoms with Gasteiger partial charge in [-0.05, 0) is 51.0 Å². The monoisotopic (exact) mass is 379 g/mol. The number of ether oxygens (including phenoxy) is 3. The van der Waals surface area contributed by atoms with Crippen molar-refractivity contribution in [3.63, 3.8) is 0 Å². The van der Waals surface area contributed by atoms with Gasteiger partial charge in [0.2, 0.25) is 0 Å². The molecule has 0 aromatic heterocycles. The molecule has 0 spiro atoms. The average Bonchev–Trinajstić information content (AvgIpc) is 2.59. The van der Waals surface area contributed by atoms with E-state index in [0.29, 0.717) is 24.3 Å². The summed E-state index contributed by atoms with van der Waals surface area (Å²) in [5, 5.41) is 0. The third-order valence-corrected chi connectivity index (χ3v) is 3.80. The minimum atomic E-state index is -0.606. The Morgan fingerprint density at radius 3 is 2.56 bits per heavy atom. The number of hydrogen-bond donors (Lipinski definition) is 0. The smallest absolute Gasteiger partial charge is 0.410 e. The van der Waals surface area contributed by atoms with Crippen LogP contribution >= 0.6 is 0 Å². The van der Waals surface area contributed by atoms with Crippen molar-refractivity contribution in [1.82, 2.24) is 4.90 Å². The van der Waals surface area contributed by atoms with Crippen LogP contribution in [0.3, 0.4) is 0 Å². The van der Waals surface area contributed by atoms with E-state index in [-0.39, 0.29) is 19.0 Å². The van der Waals surface area contributed by atoms with Crippen LogP contribution in [0, 0.1) is 5.82 Å². The van der Waals surface area contributed by atoms with E-state index in [1.165, 1.54) is 18.2 Å². The molecule has 1 aromatic carbocycles. The predicted octanol–water partition coefficient (Wildman–Crippen LogP) is 3.41. The number of carbonyl (C=O) groups is 2. The van der Waals surface area contributed by atoms with Crippen molar-refractivity contribution >= 4 is 17.6 Å². The fourth-order valence-corrected chi connectivity index (χ4v) is 2.65. The van der Waals surface area contributed by atoms with Gasteiger partial charge in [0.1, 0.15) is 17.5 Å². The highest BCUT2D eigenvalue weighted by Gasteiger charge is 2.30. The Morgan fingerprint density at radius 1 is 1.30 bits per heavy atom. The highest BCUT2D eigenvalue weighted by molar-refractivity contribution is 5.92. The molecule has 1 atom stereocenters. The van der Waals surface area contributed by atoms with E-state index in [0.717, 1.165) is 0 Å². The molecule has 1 aliphatic heterocycles. The molecule has 0 aliphatic carbocycles. The molecule has 148 valence electrons. The van der Waals surface area contributed by atoms with Crippen molar-refractivity contribution in [1.29, 1.82) is 0 Å². The topological polar surface area (TPSA) is 65.1 Å². The summed E-state index contributed by atoms with van der Waals surface area (Å²) < 4.78 is 29.5. The van der Waals surface area contributed by atoms with Gasteiger partial charge in [-0.2, -0.15) is 0 Å². The number of amides is 1. The Bertz CT molecular complexity index is 693. The molecule has 1 saturated heterocycles. The molecule has 1 aliphatic rings. The molecule has 2 rings (SSSR count). The molecule has 0 radical (unpaired) electrons. The molecule has 7 heteroatoms. The Morgan fingerprint density at radius 2 is 1.96 bits per heavy atom.